The third-order valence-electron chi connectivity index (χ3n) is 6.30. The van der Waals surface area contributed by atoms with E-state index >= 15 is 0 Å². The number of unbranched alkanes of at least 4 members (excludes halogenated alkanes) is 1. The van der Waals surface area contributed by atoms with Gasteiger partial charge in [0.25, 0.3) is 0 Å². The highest BCUT2D eigenvalue weighted by Gasteiger charge is 2.13. The number of aldehydes is 1. The number of amides is 1. The van der Waals surface area contributed by atoms with Crippen LogP contribution in [0.25, 0.3) is 10.9 Å². The van der Waals surface area contributed by atoms with Gasteiger partial charge in [-0.15, -0.1) is 0 Å². The Morgan fingerprint density at radius 3 is 2.51 bits per heavy atom. The second-order valence-electron chi connectivity index (χ2n) is 10.4. The van der Waals surface area contributed by atoms with Gasteiger partial charge < -0.3 is 19.7 Å². The summed E-state index contributed by atoms with van der Waals surface area (Å²) in [5, 5.41) is 7.62. The van der Waals surface area contributed by atoms with Gasteiger partial charge in [-0.1, -0.05) is 19.1 Å². The van der Waals surface area contributed by atoms with Crippen LogP contribution in [0.4, 0.5) is 11.4 Å². The number of aromatic nitrogens is 3. The zero-order valence-corrected chi connectivity index (χ0v) is 23.8. The number of ether oxygens (including phenoxy) is 1. The van der Waals surface area contributed by atoms with Crippen molar-refractivity contribution in [2.45, 2.75) is 59.4 Å². The van der Waals surface area contributed by atoms with Crippen molar-refractivity contribution in [1.82, 2.24) is 14.8 Å². The number of rotatable bonds is 10. The highest BCUT2D eigenvalue weighted by molar-refractivity contribution is 5.88. The number of benzene rings is 2. The van der Waals surface area contributed by atoms with E-state index in [0.29, 0.717) is 12.8 Å². The summed E-state index contributed by atoms with van der Waals surface area (Å²) in [6.07, 6.45) is 9.26. The predicted octanol–water partition coefficient (Wildman–Crippen LogP) is 6.52. The third-order valence-corrected chi connectivity index (χ3v) is 6.30. The van der Waals surface area contributed by atoms with Crippen LogP contribution in [0.3, 0.4) is 0 Å². The lowest BCUT2D eigenvalue weighted by Gasteiger charge is -2.20. The molecule has 206 valence electrons. The highest BCUT2D eigenvalue weighted by Crippen LogP contribution is 2.33. The first-order valence-electron chi connectivity index (χ1n) is 13.2. The number of hydrogen-bond acceptors (Lipinski definition) is 6. The monoisotopic (exact) mass is 529 g/mol. The molecule has 0 saturated heterocycles. The largest absolute Gasteiger partial charge is 0.456 e. The second-order valence-corrected chi connectivity index (χ2v) is 10.4. The van der Waals surface area contributed by atoms with E-state index < -0.39 is 0 Å². The molecule has 0 fully saturated rings. The molecular formula is C31H39N5O3. The molecule has 4 aromatic rings. The van der Waals surface area contributed by atoms with Crippen LogP contribution < -0.4 is 15.0 Å². The van der Waals surface area contributed by atoms with Gasteiger partial charge in [-0.05, 0) is 82.0 Å². The fourth-order valence-electron chi connectivity index (χ4n) is 3.97. The number of carbonyl (C=O) groups is 2. The maximum Gasteiger partial charge on any atom is 0.211 e. The molecule has 2 aromatic heterocycles. The number of fused-ring (bicyclic) bond motifs is 1. The van der Waals surface area contributed by atoms with Gasteiger partial charge in [0.05, 0.1) is 22.9 Å². The Kier molecular flexibility index (Phi) is 10.2. The molecule has 8 nitrogen and oxygen atoms in total. The Morgan fingerprint density at radius 1 is 1.08 bits per heavy atom. The number of nitrogens with zero attached hydrogens (tertiary/aromatic N) is 4. The molecule has 0 bridgehead atoms. The molecule has 0 radical (unpaired) electrons. The summed E-state index contributed by atoms with van der Waals surface area (Å²) in [7, 11) is 2.04. The molecule has 4 rings (SSSR count). The lowest BCUT2D eigenvalue weighted by atomic mass is 10.1. The predicted molar refractivity (Wildman–Crippen MR) is 158 cm³/mol. The number of pyridine rings is 1. The molecule has 2 heterocycles. The molecule has 1 amide bonds. The van der Waals surface area contributed by atoms with Crippen molar-refractivity contribution in [3.05, 3.63) is 72.2 Å². The van der Waals surface area contributed by atoms with Crippen LogP contribution in [-0.2, 0) is 21.5 Å². The van der Waals surface area contributed by atoms with Crippen LogP contribution in [0.1, 0.15) is 51.7 Å². The molecule has 0 aliphatic carbocycles. The Balaban J connectivity index is 0.000000293. The fourth-order valence-corrected chi connectivity index (χ4v) is 3.97. The van der Waals surface area contributed by atoms with Crippen molar-refractivity contribution in [3.8, 4) is 11.5 Å². The summed E-state index contributed by atoms with van der Waals surface area (Å²) < 4.78 is 8.05. The minimum absolute atomic E-state index is 0.0389. The van der Waals surface area contributed by atoms with Crippen LogP contribution >= 0.6 is 0 Å². The van der Waals surface area contributed by atoms with Gasteiger partial charge in [0, 0.05) is 43.5 Å². The first kappa shape index (κ1) is 29.4. The second kappa shape index (κ2) is 13.6. The van der Waals surface area contributed by atoms with Crippen LogP contribution in [0, 0.1) is 6.92 Å². The average molecular weight is 530 g/mol. The number of hydrogen-bond donors (Lipinski definition) is 1. The normalized spacial score (nSPS) is 10.9. The summed E-state index contributed by atoms with van der Waals surface area (Å²) in [6.45, 7) is 11.2. The third kappa shape index (κ3) is 8.14. The molecule has 0 unspecified atom stereocenters. The standard InChI is InChI=1S/C23H26N2O2.C8H13N3O/c1-4-18-7-10-22(17(2)15-18)27-23-11-12-24-21-9-8-19(16-20(21)23)25(3)13-5-6-14-26;1-8(2,3)11-5-7(4-10-11)9-6-12/h7-12,14-16H,4-6,13H2,1-3H3;4-6H,1-3H3,(H,9,12). The molecule has 0 spiro atoms. The molecule has 2 aromatic carbocycles. The van der Waals surface area contributed by atoms with E-state index in [2.05, 4.69) is 58.4 Å². The van der Waals surface area contributed by atoms with Crippen molar-refractivity contribution >= 4 is 35.0 Å². The van der Waals surface area contributed by atoms with Crippen molar-refractivity contribution in [3.63, 3.8) is 0 Å². The van der Waals surface area contributed by atoms with E-state index in [4.69, 9.17) is 4.74 Å². The van der Waals surface area contributed by atoms with Gasteiger partial charge in [-0.2, -0.15) is 5.10 Å². The fraction of sp³-hybridized carbons (Fsp3) is 0.355. The molecule has 1 N–H and O–H groups in total. The van der Waals surface area contributed by atoms with E-state index in [-0.39, 0.29) is 5.54 Å². The van der Waals surface area contributed by atoms with E-state index in [0.717, 1.165) is 65.0 Å². The molecule has 8 heteroatoms. The van der Waals surface area contributed by atoms with Gasteiger partial charge in [0.2, 0.25) is 6.41 Å². The Bertz CT molecular complexity index is 1390. The van der Waals surface area contributed by atoms with Gasteiger partial charge in [0.1, 0.15) is 17.8 Å². The van der Waals surface area contributed by atoms with Crippen molar-refractivity contribution in [2.24, 2.45) is 0 Å². The van der Waals surface area contributed by atoms with Crippen molar-refractivity contribution in [2.75, 3.05) is 23.8 Å². The molecule has 0 aliphatic rings. The number of carbonyl (C=O) groups excluding carboxylic acids is 2. The van der Waals surface area contributed by atoms with Crippen LogP contribution in [0.5, 0.6) is 11.5 Å². The molecule has 0 saturated carbocycles. The summed E-state index contributed by atoms with van der Waals surface area (Å²) in [5.74, 6) is 1.67. The average Bonchev–Trinajstić information content (AvgIpc) is 3.40. The number of anilines is 2. The zero-order chi connectivity index (χ0) is 28.4. The van der Waals surface area contributed by atoms with Gasteiger partial charge in [-0.25, -0.2) is 0 Å². The maximum atomic E-state index is 10.5. The first-order chi connectivity index (χ1) is 18.7. The summed E-state index contributed by atoms with van der Waals surface area (Å²) >= 11 is 0. The van der Waals surface area contributed by atoms with E-state index in [1.807, 2.05) is 46.0 Å². The van der Waals surface area contributed by atoms with E-state index in [9.17, 15) is 9.59 Å². The quantitative estimate of drug-likeness (QED) is 0.186. The van der Waals surface area contributed by atoms with Crippen LogP contribution in [0.2, 0.25) is 0 Å². The zero-order valence-electron chi connectivity index (χ0n) is 23.8. The first-order valence-corrected chi connectivity index (χ1v) is 13.2. The molecule has 0 atom stereocenters. The molecule has 0 aliphatic heterocycles. The molecule has 39 heavy (non-hydrogen) atoms. The summed E-state index contributed by atoms with van der Waals surface area (Å²) in [5.41, 5.74) is 5.10. The SMILES string of the molecule is CC(C)(C)n1cc(NC=O)cn1.CCc1ccc(Oc2ccnc3ccc(N(C)CCCC=O)cc23)c(C)c1. The summed E-state index contributed by atoms with van der Waals surface area (Å²) in [6, 6.07) is 14.4. The van der Waals surface area contributed by atoms with E-state index in [1.165, 1.54) is 5.56 Å². The topological polar surface area (TPSA) is 89.3 Å². The Labute approximate surface area is 231 Å². The van der Waals surface area contributed by atoms with Gasteiger partial charge in [-0.3, -0.25) is 14.5 Å². The minimum Gasteiger partial charge on any atom is -0.456 e. The highest BCUT2D eigenvalue weighted by atomic mass is 16.5. The molecular weight excluding hydrogens is 490 g/mol. The van der Waals surface area contributed by atoms with Crippen LogP contribution in [0.15, 0.2) is 61.1 Å². The minimum atomic E-state index is -0.0389. The summed E-state index contributed by atoms with van der Waals surface area (Å²) in [4.78, 5) is 27.2. The van der Waals surface area contributed by atoms with Crippen molar-refractivity contribution in [1.29, 1.82) is 0 Å². The lowest BCUT2D eigenvalue weighted by Crippen LogP contribution is -2.21. The Hall–Kier alpha value is -4.20. The number of aryl methyl sites for hydroxylation is 2. The lowest BCUT2D eigenvalue weighted by molar-refractivity contribution is -0.108. The van der Waals surface area contributed by atoms with Gasteiger partial charge >= 0.3 is 0 Å². The van der Waals surface area contributed by atoms with Crippen molar-refractivity contribution < 1.29 is 14.3 Å². The van der Waals surface area contributed by atoms with Crippen LogP contribution in [-0.4, -0.2) is 41.1 Å². The number of nitrogens with one attached hydrogen (secondary N) is 1. The van der Waals surface area contributed by atoms with E-state index in [1.54, 1.807) is 23.3 Å². The smallest absolute Gasteiger partial charge is 0.211 e. The maximum absolute atomic E-state index is 10.5. The Morgan fingerprint density at radius 2 is 1.87 bits per heavy atom. The van der Waals surface area contributed by atoms with Gasteiger partial charge in [0.15, 0.2) is 0 Å².